The Morgan fingerprint density at radius 2 is 1.88 bits per heavy atom. The number of aryl methyl sites for hydroxylation is 1. The summed E-state index contributed by atoms with van der Waals surface area (Å²) in [7, 11) is 1.85. The smallest absolute Gasteiger partial charge is 0.281 e. The maximum absolute atomic E-state index is 13.2. The van der Waals surface area contributed by atoms with Gasteiger partial charge in [0.25, 0.3) is 5.91 Å². The summed E-state index contributed by atoms with van der Waals surface area (Å²) in [6, 6.07) is 13.2. The lowest BCUT2D eigenvalue weighted by molar-refractivity contribution is 0.0998. The number of carbonyl (C=O) groups is 1. The Morgan fingerprint density at radius 1 is 1.20 bits per heavy atom. The molecule has 1 amide bonds. The van der Waals surface area contributed by atoms with Gasteiger partial charge in [0.2, 0.25) is 0 Å². The van der Waals surface area contributed by atoms with Gasteiger partial charge in [-0.2, -0.15) is 4.99 Å². The highest BCUT2D eigenvalue weighted by Gasteiger charge is 2.14. The Hall–Kier alpha value is -2.24. The first kappa shape index (κ1) is 17.6. The second-order valence-electron chi connectivity index (χ2n) is 5.47. The summed E-state index contributed by atoms with van der Waals surface area (Å²) >= 11 is 7.53. The highest BCUT2D eigenvalue weighted by Crippen LogP contribution is 2.26. The summed E-state index contributed by atoms with van der Waals surface area (Å²) in [6.45, 7) is 2.04. The number of nitrogens with zero attached hydrogens (tertiary/aromatic N) is 2. The Kier molecular flexibility index (Phi) is 5.16. The minimum Gasteiger partial charge on any atom is -0.319 e. The number of amides is 1. The minimum absolute atomic E-state index is 0.279. The molecule has 0 saturated carbocycles. The van der Waals surface area contributed by atoms with Gasteiger partial charge in [-0.3, -0.25) is 4.79 Å². The lowest BCUT2D eigenvalue weighted by Gasteiger charge is -2.05. The molecule has 2 aromatic carbocycles. The van der Waals surface area contributed by atoms with Crippen molar-refractivity contribution in [2.45, 2.75) is 13.3 Å². The number of hydrogen-bond acceptors (Lipinski definition) is 2. The van der Waals surface area contributed by atoms with Crippen molar-refractivity contribution in [3.05, 3.63) is 74.6 Å². The number of rotatable bonds is 3. The molecule has 0 saturated heterocycles. The zero-order valence-electron chi connectivity index (χ0n) is 13.8. The normalized spacial score (nSPS) is 11.8. The number of thiazole rings is 1. The van der Waals surface area contributed by atoms with Gasteiger partial charge in [0, 0.05) is 11.9 Å². The third-order valence-electron chi connectivity index (χ3n) is 3.84. The molecule has 0 atom stereocenters. The van der Waals surface area contributed by atoms with Crippen LogP contribution in [0.1, 0.15) is 22.2 Å². The molecule has 0 unspecified atom stereocenters. The molecule has 0 bridgehead atoms. The van der Waals surface area contributed by atoms with Crippen LogP contribution in [0.5, 0.6) is 0 Å². The van der Waals surface area contributed by atoms with Crippen molar-refractivity contribution < 1.29 is 9.18 Å². The summed E-state index contributed by atoms with van der Waals surface area (Å²) in [5.41, 5.74) is 2.21. The number of aromatic nitrogens is 1. The third-order valence-corrected chi connectivity index (χ3v) is 5.45. The largest absolute Gasteiger partial charge is 0.319 e. The average molecular weight is 375 g/mol. The summed E-state index contributed by atoms with van der Waals surface area (Å²) in [5, 5.41) is 0.380. The van der Waals surface area contributed by atoms with Crippen molar-refractivity contribution in [3.63, 3.8) is 0 Å². The van der Waals surface area contributed by atoms with Crippen LogP contribution in [-0.4, -0.2) is 10.5 Å². The van der Waals surface area contributed by atoms with Crippen molar-refractivity contribution in [3.8, 4) is 11.3 Å². The molecule has 3 aromatic rings. The number of halogens is 2. The van der Waals surface area contributed by atoms with Crippen molar-refractivity contribution in [2.75, 3.05) is 0 Å². The molecule has 0 N–H and O–H groups in total. The molecular formula is C19H16ClFN2OS. The predicted molar refractivity (Wildman–Crippen MR) is 99.4 cm³/mol. The van der Waals surface area contributed by atoms with Crippen molar-refractivity contribution >= 4 is 28.8 Å². The molecule has 0 aliphatic heterocycles. The number of carbonyl (C=O) groups excluding carboxylic acids is 1. The van der Waals surface area contributed by atoms with Crippen molar-refractivity contribution in [1.82, 2.24) is 4.57 Å². The molecule has 25 heavy (non-hydrogen) atoms. The van der Waals surface area contributed by atoms with E-state index in [1.807, 2.05) is 18.5 Å². The lowest BCUT2D eigenvalue weighted by atomic mass is 10.1. The topological polar surface area (TPSA) is 34.4 Å². The van der Waals surface area contributed by atoms with E-state index in [1.54, 1.807) is 36.4 Å². The molecule has 3 rings (SSSR count). The van der Waals surface area contributed by atoms with Gasteiger partial charge >= 0.3 is 0 Å². The quantitative estimate of drug-likeness (QED) is 0.645. The SMILES string of the molecule is CCc1sc(=NC(=O)c2ccccc2Cl)n(C)c1-c1ccc(F)cc1. The van der Waals surface area contributed by atoms with Gasteiger partial charge in [0.05, 0.1) is 16.3 Å². The van der Waals surface area contributed by atoms with E-state index in [9.17, 15) is 9.18 Å². The Balaban J connectivity index is 2.11. The molecule has 0 spiro atoms. The first-order chi connectivity index (χ1) is 12.0. The molecule has 0 radical (unpaired) electrons. The highest BCUT2D eigenvalue weighted by atomic mass is 35.5. The van der Waals surface area contributed by atoms with Crippen LogP contribution in [0.25, 0.3) is 11.3 Å². The summed E-state index contributed by atoms with van der Waals surface area (Å²) < 4.78 is 15.1. The Morgan fingerprint density at radius 3 is 2.52 bits per heavy atom. The molecule has 1 aromatic heterocycles. The molecule has 128 valence electrons. The molecule has 0 aliphatic carbocycles. The van der Waals surface area contributed by atoms with Crippen LogP contribution in [0.2, 0.25) is 5.02 Å². The fourth-order valence-electron chi connectivity index (χ4n) is 2.59. The maximum atomic E-state index is 13.2. The van der Waals surface area contributed by atoms with E-state index in [4.69, 9.17) is 11.6 Å². The number of benzene rings is 2. The van der Waals surface area contributed by atoms with E-state index < -0.39 is 0 Å². The highest BCUT2D eigenvalue weighted by molar-refractivity contribution is 7.09. The maximum Gasteiger partial charge on any atom is 0.281 e. The average Bonchev–Trinajstić information content (AvgIpc) is 2.92. The summed E-state index contributed by atoms with van der Waals surface area (Å²) in [4.78, 5) is 18.4. The van der Waals surface area contributed by atoms with Gasteiger partial charge in [-0.05, 0) is 48.4 Å². The van der Waals surface area contributed by atoms with E-state index in [1.165, 1.54) is 23.5 Å². The summed E-state index contributed by atoms with van der Waals surface area (Å²) in [5.74, 6) is -0.658. The van der Waals surface area contributed by atoms with Crippen molar-refractivity contribution in [2.24, 2.45) is 12.0 Å². The van der Waals surface area contributed by atoms with Crippen molar-refractivity contribution in [1.29, 1.82) is 0 Å². The summed E-state index contributed by atoms with van der Waals surface area (Å²) in [6.07, 6.45) is 0.793. The van der Waals surface area contributed by atoms with Crippen LogP contribution in [0.3, 0.4) is 0 Å². The van der Waals surface area contributed by atoms with E-state index in [-0.39, 0.29) is 11.7 Å². The Bertz CT molecular complexity index is 989. The van der Waals surface area contributed by atoms with Crippen LogP contribution in [-0.2, 0) is 13.5 Å². The van der Waals surface area contributed by atoms with Crippen LogP contribution in [0, 0.1) is 5.82 Å². The van der Waals surface area contributed by atoms with Crippen LogP contribution >= 0.6 is 22.9 Å². The molecule has 1 heterocycles. The lowest BCUT2D eigenvalue weighted by Crippen LogP contribution is -2.14. The van der Waals surface area contributed by atoms with E-state index >= 15 is 0 Å². The van der Waals surface area contributed by atoms with Gasteiger partial charge in [-0.1, -0.05) is 30.7 Å². The zero-order chi connectivity index (χ0) is 18.0. The monoisotopic (exact) mass is 374 g/mol. The molecule has 0 fully saturated rings. The van der Waals surface area contributed by atoms with Crippen LogP contribution in [0.15, 0.2) is 53.5 Å². The van der Waals surface area contributed by atoms with Gasteiger partial charge in [-0.15, -0.1) is 11.3 Å². The van der Waals surface area contributed by atoms with Crippen LogP contribution < -0.4 is 4.80 Å². The number of hydrogen-bond donors (Lipinski definition) is 0. The molecule has 6 heteroatoms. The predicted octanol–water partition coefficient (Wildman–Crippen LogP) is 4.85. The fourth-order valence-corrected chi connectivity index (χ4v) is 3.88. The second-order valence-corrected chi connectivity index (χ2v) is 6.94. The van der Waals surface area contributed by atoms with Crippen LogP contribution in [0.4, 0.5) is 4.39 Å². The second kappa shape index (κ2) is 7.33. The third kappa shape index (κ3) is 3.57. The molecular weight excluding hydrogens is 359 g/mol. The van der Waals surface area contributed by atoms with Gasteiger partial charge in [-0.25, -0.2) is 4.39 Å². The van der Waals surface area contributed by atoms with Gasteiger partial charge < -0.3 is 4.57 Å². The van der Waals surface area contributed by atoms with Gasteiger partial charge in [0.15, 0.2) is 4.80 Å². The molecule has 0 aliphatic rings. The Labute approximate surface area is 154 Å². The molecule has 3 nitrogen and oxygen atoms in total. The zero-order valence-corrected chi connectivity index (χ0v) is 15.4. The van der Waals surface area contributed by atoms with E-state index in [2.05, 4.69) is 4.99 Å². The van der Waals surface area contributed by atoms with E-state index in [0.29, 0.717) is 15.4 Å². The first-order valence-electron chi connectivity index (χ1n) is 7.79. The fraction of sp³-hybridized carbons (Fsp3) is 0.158. The van der Waals surface area contributed by atoms with Gasteiger partial charge in [0.1, 0.15) is 5.82 Å². The minimum atomic E-state index is -0.379. The standard InChI is InChI=1S/C19H16ClFN2OS/c1-3-16-17(12-8-10-13(21)11-9-12)23(2)19(25-16)22-18(24)14-6-4-5-7-15(14)20/h4-11H,3H2,1-2H3. The first-order valence-corrected chi connectivity index (χ1v) is 8.99. The van der Waals surface area contributed by atoms with E-state index in [0.717, 1.165) is 22.6 Å².